The maximum atomic E-state index is 10.8. The van der Waals surface area contributed by atoms with Crippen LogP contribution in [0.1, 0.15) is 0 Å². The van der Waals surface area contributed by atoms with E-state index >= 15 is 0 Å². The van der Waals surface area contributed by atoms with Crippen molar-refractivity contribution in [2.24, 2.45) is 0 Å². The molecule has 3 nitrogen and oxygen atoms in total. The molecule has 0 aromatic heterocycles. The number of carbonyl (C=O) groups excluding carboxylic acids is 1. The van der Waals surface area contributed by atoms with E-state index in [1.165, 1.54) is 0 Å². The molecule has 1 aromatic carbocycles. The summed E-state index contributed by atoms with van der Waals surface area (Å²) in [6.07, 6.45) is 0. The highest BCUT2D eigenvalue weighted by Crippen LogP contribution is 2.17. The Morgan fingerprint density at radius 1 is 1.53 bits per heavy atom. The van der Waals surface area contributed by atoms with Crippen molar-refractivity contribution in [2.45, 2.75) is 0 Å². The number of benzene rings is 1. The Hall–Kier alpha value is -0.740. The predicted octanol–water partition coefficient (Wildman–Crippen LogP) is 2.18. The molecule has 0 heterocycles. The van der Waals surface area contributed by atoms with Crippen LogP contribution in [0.5, 0.6) is 5.75 Å². The molecule has 1 N–H and O–H groups in total. The van der Waals surface area contributed by atoms with E-state index < -0.39 is 0 Å². The van der Waals surface area contributed by atoms with Crippen LogP contribution in [0.2, 0.25) is 0 Å². The molecule has 1 rings (SSSR count). The first kappa shape index (κ1) is 12.3. The lowest BCUT2D eigenvalue weighted by molar-refractivity contribution is -0.118. The van der Waals surface area contributed by atoms with Crippen molar-refractivity contribution in [3.8, 4) is 5.75 Å². The Kier molecular flexibility index (Phi) is 5.50. The number of rotatable bonds is 5. The van der Waals surface area contributed by atoms with Gasteiger partial charge in [0.25, 0.3) is 0 Å². The van der Waals surface area contributed by atoms with Crippen LogP contribution in [0.3, 0.4) is 0 Å². The highest BCUT2D eigenvalue weighted by molar-refractivity contribution is 9.10. The standard InChI is InChI=1S/C10H11BrClNO2/c11-8-2-1-3-9(6-8)15-5-4-13-10(14)7-12/h1-3,6H,4-5,7H2,(H,13,14). The van der Waals surface area contributed by atoms with Crippen LogP contribution >= 0.6 is 27.5 Å². The lowest BCUT2D eigenvalue weighted by Crippen LogP contribution is -2.28. The number of carbonyl (C=O) groups is 1. The van der Waals surface area contributed by atoms with Gasteiger partial charge in [-0.05, 0) is 18.2 Å². The van der Waals surface area contributed by atoms with Crippen molar-refractivity contribution in [1.82, 2.24) is 5.32 Å². The van der Waals surface area contributed by atoms with Crippen LogP contribution in [0.25, 0.3) is 0 Å². The quantitative estimate of drug-likeness (QED) is 0.667. The molecule has 0 radical (unpaired) electrons. The minimum absolute atomic E-state index is 0.0170. The van der Waals surface area contributed by atoms with Gasteiger partial charge < -0.3 is 10.1 Å². The number of hydrogen-bond donors (Lipinski definition) is 1. The number of halogens is 2. The second-order valence-corrected chi connectivity index (χ2v) is 3.97. The first-order valence-electron chi connectivity index (χ1n) is 4.43. The molecule has 0 atom stereocenters. The average molecular weight is 293 g/mol. The number of ether oxygens (including phenoxy) is 1. The van der Waals surface area contributed by atoms with Gasteiger partial charge in [0.05, 0.1) is 6.54 Å². The Labute approximate surface area is 102 Å². The molecule has 0 aliphatic heterocycles. The lowest BCUT2D eigenvalue weighted by atomic mass is 10.3. The topological polar surface area (TPSA) is 38.3 Å². The highest BCUT2D eigenvalue weighted by atomic mass is 79.9. The van der Waals surface area contributed by atoms with Gasteiger partial charge in [-0.25, -0.2) is 0 Å². The monoisotopic (exact) mass is 291 g/mol. The van der Waals surface area contributed by atoms with E-state index in [0.29, 0.717) is 13.2 Å². The molecule has 0 saturated heterocycles. The summed E-state index contributed by atoms with van der Waals surface area (Å²) >= 11 is 8.65. The molecule has 15 heavy (non-hydrogen) atoms. The minimum atomic E-state index is -0.186. The van der Waals surface area contributed by atoms with Gasteiger partial charge in [-0.3, -0.25) is 4.79 Å². The summed E-state index contributed by atoms with van der Waals surface area (Å²) in [5.41, 5.74) is 0. The van der Waals surface area contributed by atoms with Crippen LogP contribution in [0.15, 0.2) is 28.7 Å². The third-order valence-corrected chi connectivity index (χ3v) is 2.35. The van der Waals surface area contributed by atoms with Gasteiger partial charge in [-0.1, -0.05) is 22.0 Å². The summed E-state index contributed by atoms with van der Waals surface area (Å²) in [5, 5.41) is 2.61. The lowest BCUT2D eigenvalue weighted by Gasteiger charge is -2.06. The van der Waals surface area contributed by atoms with Crippen LogP contribution in [0.4, 0.5) is 0 Å². The molecular weight excluding hydrogens is 281 g/mol. The second kappa shape index (κ2) is 6.69. The van der Waals surface area contributed by atoms with E-state index in [1.807, 2.05) is 24.3 Å². The third kappa shape index (κ3) is 5.04. The van der Waals surface area contributed by atoms with Gasteiger partial charge in [0.2, 0.25) is 5.91 Å². The van der Waals surface area contributed by atoms with Gasteiger partial charge >= 0.3 is 0 Å². The number of nitrogens with one attached hydrogen (secondary N) is 1. The van der Waals surface area contributed by atoms with Gasteiger partial charge in [0.1, 0.15) is 18.2 Å². The fourth-order valence-electron chi connectivity index (χ4n) is 0.963. The molecule has 82 valence electrons. The van der Waals surface area contributed by atoms with Crippen molar-refractivity contribution < 1.29 is 9.53 Å². The zero-order valence-corrected chi connectivity index (χ0v) is 10.3. The molecule has 0 spiro atoms. The summed E-state index contributed by atoms with van der Waals surface area (Å²) < 4.78 is 6.36. The summed E-state index contributed by atoms with van der Waals surface area (Å²) in [6, 6.07) is 7.52. The van der Waals surface area contributed by atoms with Crippen molar-refractivity contribution in [3.05, 3.63) is 28.7 Å². The largest absolute Gasteiger partial charge is 0.492 e. The smallest absolute Gasteiger partial charge is 0.235 e. The highest BCUT2D eigenvalue weighted by Gasteiger charge is 1.97. The second-order valence-electron chi connectivity index (χ2n) is 2.79. The fraction of sp³-hybridized carbons (Fsp3) is 0.300. The molecule has 0 fully saturated rings. The van der Waals surface area contributed by atoms with E-state index in [4.69, 9.17) is 16.3 Å². The van der Waals surface area contributed by atoms with E-state index in [-0.39, 0.29) is 11.8 Å². The number of hydrogen-bond acceptors (Lipinski definition) is 2. The molecular formula is C10H11BrClNO2. The average Bonchev–Trinajstić information content (AvgIpc) is 2.24. The summed E-state index contributed by atoms with van der Waals surface area (Å²) in [7, 11) is 0. The van der Waals surface area contributed by atoms with Gasteiger partial charge in [-0.15, -0.1) is 11.6 Å². The van der Waals surface area contributed by atoms with Crippen LogP contribution in [0, 0.1) is 0 Å². The van der Waals surface area contributed by atoms with Crippen LogP contribution in [-0.2, 0) is 4.79 Å². The van der Waals surface area contributed by atoms with E-state index in [9.17, 15) is 4.79 Å². The molecule has 0 saturated carbocycles. The Balaban J connectivity index is 2.23. The van der Waals surface area contributed by atoms with Gasteiger partial charge in [0.15, 0.2) is 0 Å². The number of amides is 1. The first-order valence-corrected chi connectivity index (χ1v) is 5.76. The Morgan fingerprint density at radius 2 is 2.33 bits per heavy atom. The number of alkyl halides is 1. The molecule has 5 heteroatoms. The first-order chi connectivity index (χ1) is 7.22. The third-order valence-electron chi connectivity index (χ3n) is 1.61. The fourth-order valence-corrected chi connectivity index (χ4v) is 1.44. The zero-order valence-electron chi connectivity index (χ0n) is 8.00. The molecule has 0 aliphatic rings. The maximum absolute atomic E-state index is 10.8. The van der Waals surface area contributed by atoms with Crippen LogP contribution in [-0.4, -0.2) is 24.9 Å². The molecule has 0 bridgehead atoms. The summed E-state index contributed by atoms with van der Waals surface area (Å²) in [5.74, 6) is 0.565. The van der Waals surface area contributed by atoms with E-state index in [1.54, 1.807) is 0 Å². The van der Waals surface area contributed by atoms with Crippen LogP contribution < -0.4 is 10.1 Å². The van der Waals surface area contributed by atoms with Crippen molar-refractivity contribution in [3.63, 3.8) is 0 Å². The van der Waals surface area contributed by atoms with Gasteiger partial charge in [-0.2, -0.15) is 0 Å². The predicted molar refractivity (Wildman–Crippen MR) is 63.4 cm³/mol. The summed E-state index contributed by atoms with van der Waals surface area (Å²) in [4.78, 5) is 10.8. The molecule has 1 aromatic rings. The Bertz CT molecular complexity index is 333. The maximum Gasteiger partial charge on any atom is 0.235 e. The van der Waals surface area contributed by atoms with Crippen molar-refractivity contribution in [1.29, 1.82) is 0 Å². The molecule has 0 unspecified atom stereocenters. The van der Waals surface area contributed by atoms with Crippen molar-refractivity contribution in [2.75, 3.05) is 19.0 Å². The van der Waals surface area contributed by atoms with Gasteiger partial charge in [0, 0.05) is 4.47 Å². The van der Waals surface area contributed by atoms with E-state index in [0.717, 1.165) is 10.2 Å². The molecule has 0 aliphatic carbocycles. The SMILES string of the molecule is O=C(CCl)NCCOc1cccc(Br)c1. The summed E-state index contributed by atoms with van der Waals surface area (Å²) in [6.45, 7) is 0.886. The minimum Gasteiger partial charge on any atom is -0.492 e. The van der Waals surface area contributed by atoms with E-state index in [2.05, 4.69) is 21.2 Å². The normalized spacial score (nSPS) is 9.73. The molecule has 1 amide bonds. The Morgan fingerprint density at radius 3 is 3.00 bits per heavy atom. The zero-order chi connectivity index (χ0) is 11.1. The van der Waals surface area contributed by atoms with Crippen molar-refractivity contribution >= 4 is 33.4 Å².